The zero-order valence-electron chi connectivity index (χ0n) is 11.1. The van der Waals surface area contributed by atoms with E-state index < -0.39 is 0 Å². The molecule has 0 amide bonds. The molecule has 1 saturated heterocycles. The Labute approximate surface area is 112 Å². The summed E-state index contributed by atoms with van der Waals surface area (Å²) in [6.07, 6.45) is 1.52. The molecule has 2 heterocycles. The number of fused-ring (bicyclic) bond motifs is 1. The van der Waals surface area contributed by atoms with Crippen LogP contribution >= 0.6 is 0 Å². The number of nitrogens with zero attached hydrogens (tertiary/aromatic N) is 3. The number of piperazine rings is 1. The van der Waals surface area contributed by atoms with Gasteiger partial charge in [0.15, 0.2) is 0 Å². The number of nitrogens with one attached hydrogen (secondary N) is 1. The van der Waals surface area contributed by atoms with Crippen LogP contribution in [0.4, 0.5) is 5.82 Å². The molecule has 2 aromatic rings. The zero-order chi connectivity index (χ0) is 13.2. The fourth-order valence-corrected chi connectivity index (χ4v) is 2.64. The number of anilines is 1. The van der Waals surface area contributed by atoms with Crippen molar-refractivity contribution in [2.24, 2.45) is 0 Å². The van der Waals surface area contributed by atoms with Crippen molar-refractivity contribution in [1.29, 1.82) is 0 Å². The molecule has 3 N–H and O–H groups in total. The molecule has 1 aromatic heterocycles. The molecule has 1 aliphatic rings. The van der Waals surface area contributed by atoms with Gasteiger partial charge in [-0.25, -0.2) is 9.97 Å². The van der Waals surface area contributed by atoms with E-state index in [1.165, 1.54) is 11.9 Å². The van der Waals surface area contributed by atoms with Gasteiger partial charge in [-0.3, -0.25) is 4.90 Å². The van der Waals surface area contributed by atoms with Gasteiger partial charge in [-0.2, -0.15) is 0 Å². The number of nitrogens with two attached hydrogens (primary N) is 1. The molecule has 1 unspecified atom stereocenters. The van der Waals surface area contributed by atoms with Crippen LogP contribution in [0.3, 0.4) is 0 Å². The summed E-state index contributed by atoms with van der Waals surface area (Å²) in [6.45, 7) is 6.43. The first-order valence-corrected chi connectivity index (χ1v) is 6.67. The van der Waals surface area contributed by atoms with Gasteiger partial charge in [0, 0.05) is 37.6 Å². The summed E-state index contributed by atoms with van der Waals surface area (Å²) in [6, 6.07) is 6.81. The van der Waals surface area contributed by atoms with Crippen molar-refractivity contribution in [3.05, 3.63) is 30.1 Å². The smallest absolute Gasteiger partial charge is 0.134 e. The molecule has 0 bridgehead atoms. The van der Waals surface area contributed by atoms with Gasteiger partial charge in [-0.1, -0.05) is 6.07 Å². The molecule has 0 saturated carbocycles. The normalized spacial score (nSPS) is 20.8. The molecule has 1 aliphatic heterocycles. The maximum atomic E-state index is 5.84. The van der Waals surface area contributed by atoms with Gasteiger partial charge in [0.05, 0.1) is 5.52 Å². The molecule has 5 nitrogen and oxygen atoms in total. The molecular formula is C14H19N5. The Morgan fingerprint density at radius 2 is 2.32 bits per heavy atom. The van der Waals surface area contributed by atoms with Crippen LogP contribution in [0.25, 0.3) is 10.9 Å². The third kappa shape index (κ3) is 2.67. The third-order valence-electron chi connectivity index (χ3n) is 3.59. The molecule has 3 rings (SSSR count). The summed E-state index contributed by atoms with van der Waals surface area (Å²) in [5.74, 6) is 0.548. The van der Waals surface area contributed by atoms with E-state index in [-0.39, 0.29) is 0 Å². The molecule has 0 aliphatic carbocycles. The van der Waals surface area contributed by atoms with Crippen molar-refractivity contribution in [3.8, 4) is 0 Å². The van der Waals surface area contributed by atoms with Gasteiger partial charge in [0.2, 0.25) is 0 Å². The summed E-state index contributed by atoms with van der Waals surface area (Å²) in [5, 5.41) is 4.39. The van der Waals surface area contributed by atoms with Crippen LogP contribution in [0.5, 0.6) is 0 Å². The molecule has 5 heteroatoms. The first kappa shape index (κ1) is 12.3. The Bertz CT molecular complexity index is 583. The summed E-state index contributed by atoms with van der Waals surface area (Å²) >= 11 is 0. The lowest BCUT2D eigenvalue weighted by atomic mass is 10.1. The van der Waals surface area contributed by atoms with Gasteiger partial charge in [0.1, 0.15) is 12.1 Å². The van der Waals surface area contributed by atoms with Crippen molar-refractivity contribution in [3.63, 3.8) is 0 Å². The van der Waals surface area contributed by atoms with Crippen LogP contribution in [-0.2, 0) is 6.54 Å². The summed E-state index contributed by atoms with van der Waals surface area (Å²) < 4.78 is 0. The molecule has 1 aromatic carbocycles. The van der Waals surface area contributed by atoms with E-state index in [0.29, 0.717) is 11.9 Å². The van der Waals surface area contributed by atoms with Gasteiger partial charge in [-0.05, 0) is 24.6 Å². The third-order valence-corrected chi connectivity index (χ3v) is 3.59. The van der Waals surface area contributed by atoms with Crippen molar-refractivity contribution in [2.75, 3.05) is 25.4 Å². The SMILES string of the molecule is CC1CN(Cc2ccc3c(N)ncnc3c2)CCN1. The zero-order valence-corrected chi connectivity index (χ0v) is 11.1. The van der Waals surface area contributed by atoms with Crippen molar-refractivity contribution >= 4 is 16.7 Å². The predicted molar refractivity (Wildman–Crippen MR) is 76.7 cm³/mol. The second-order valence-electron chi connectivity index (χ2n) is 5.20. The largest absolute Gasteiger partial charge is 0.383 e. The highest BCUT2D eigenvalue weighted by Crippen LogP contribution is 2.19. The van der Waals surface area contributed by atoms with E-state index in [0.717, 1.165) is 37.1 Å². The number of nitrogen functional groups attached to an aromatic ring is 1. The van der Waals surface area contributed by atoms with Crippen molar-refractivity contribution in [2.45, 2.75) is 19.5 Å². The Balaban J connectivity index is 1.81. The van der Waals surface area contributed by atoms with Gasteiger partial charge in [0.25, 0.3) is 0 Å². The van der Waals surface area contributed by atoms with E-state index in [9.17, 15) is 0 Å². The molecule has 100 valence electrons. The summed E-state index contributed by atoms with van der Waals surface area (Å²) in [7, 11) is 0. The van der Waals surface area contributed by atoms with Crippen LogP contribution in [0, 0.1) is 0 Å². The Morgan fingerprint density at radius 1 is 1.42 bits per heavy atom. The number of rotatable bonds is 2. The Morgan fingerprint density at radius 3 is 3.16 bits per heavy atom. The number of hydrogen-bond donors (Lipinski definition) is 2. The highest BCUT2D eigenvalue weighted by Gasteiger charge is 2.15. The van der Waals surface area contributed by atoms with E-state index in [1.807, 2.05) is 6.07 Å². The van der Waals surface area contributed by atoms with E-state index in [2.05, 4.69) is 39.2 Å². The van der Waals surface area contributed by atoms with E-state index in [4.69, 9.17) is 5.73 Å². The average molecular weight is 257 g/mol. The minimum absolute atomic E-state index is 0.548. The van der Waals surface area contributed by atoms with Gasteiger partial charge < -0.3 is 11.1 Å². The molecule has 19 heavy (non-hydrogen) atoms. The maximum Gasteiger partial charge on any atom is 0.134 e. The highest BCUT2D eigenvalue weighted by atomic mass is 15.2. The monoisotopic (exact) mass is 257 g/mol. The van der Waals surface area contributed by atoms with E-state index >= 15 is 0 Å². The number of hydrogen-bond acceptors (Lipinski definition) is 5. The summed E-state index contributed by atoms with van der Waals surface area (Å²) in [4.78, 5) is 10.8. The Hall–Kier alpha value is -1.72. The second-order valence-corrected chi connectivity index (χ2v) is 5.20. The minimum atomic E-state index is 0.548. The lowest BCUT2D eigenvalue weighted by Crippen LogP contribution is -2.48. The maximum absolute atomic E-state index is 5.84. The van der Waals surface area contributed by atoms with Crippen LogP contribution in [0.2, 0.25) is 0 Å². The number of aromatic nitrogens is 2. The molecule has 1 fully saturated rings. The minimum Gasteiger partial charge on any atom is -0.383 e. The van der Waals surface area contributed by atoms with Crippen molar-refractivity contribution in [1.82, 2.24) is 20.2 Å². The van der Waals surface area contributed by atoms with Gasteiger partial charge >= 0.3 is 0 Å². The second kappa shape index (κ2) is 5.11. The average Bonchev–Trinajstić information content (AvgIpc) is 2.39. The molecule has 1 atom stereocenters. The summed E-state index contributed by atoms with van der Waals surface area (Å²) in [5.41, 5.74) is 8.04. The lowest BCUT2D eigenvalue weighted by molar-refractivity contribution is 0.200. The molecule has 0 spiro atoms. The lowest BCUT2D eigenvalue weighted by Gasteiger charge is -2.31. The first-order valence-electron chi connectivity index (χ1n) is 6.67. The quantitative estimate of drug-likeness (QED) is 0.840. The molecular weight excluding hydrogens is 238 g/mol. The Kier molecular flexibility index (Phi) is 3.31. The molecule has 0 radical (unpaired) electrons. The topological polar surface area (TPSA) is 67.1 Å². The number of benzene rings is 1. The van der Waals surface area contributed by atoms with E-state index in [1.54, 1.807) is 0 Å². The van der Waals surface area contributed by atoms with Gasteiger partial charge in [-0.15, -0.1) is 0 Å². The highest BCUT2D eigenvalue weighted by molar-refractivity contribution is 5.87. The van der Waals surface area contributed by atoms with Crippen LogP contribution in [0.1, 0.15) is 12.5 Å². The predicted octanol–water partition coefficient (Wildman–Crippen LogP) is 1.01. The standard InChI is InChI=1S/C14H19N5/c1-10-7-19(5-4-16-10)8-11-2-3-12-13(6-11)17-9-18-14(12)15/h2-3,6,9-10,16H,4-5,7-8H2,1H3,(H2,15,17,18). The van der Waals surface area contributed by atoms with Crippen LogP contribution in [-0.4, -0.2) is 40.5 Å². The van der Waals surface area contributed by atoms with Crippen LogP contribution in [0.15, 0.2) is 24.5 Å². The fraction of sp³-hybridized carbons (Fsp3) is 0.429. The van der Waals surface area contributed by atoms with Crippen LogP contribution < -0.4 is 11.1 Å². The first-order chi connectivity index (χ1) is 9.22. The fourth-order valence-electron chi connectivity index (χ4n) is 2.64. The van der Waals surface area contributed by atoms with Crippen molar-refractivity contribution < 1.29 is 0 Å².